The van der Waals surface area contributed by atoms with Crippen LogP contribution in [0.15, 0.2) is 30.3 Å². The standard InChI is InChI=1S/C21H31NO4S/c1-15(6-5-9-21(23)22-24)27-14-18-17(19-10-11-20(18)26-19)12-13-25-16-7-3-2-4-8-16/h2-4,7-8,15,17-20,24H,5-6,9-14H2,1H3,(H,22,23). The molecule has 0 aromatic heterocycles. The van der Waals surface area contributed by atoms with E-state index in [2.05, 4.69) is 6.92 Å². The third-order valence-corrected chi connectivity index (χ3v) is 7.15. The second kappa shape index (κ2) is 10.3. The summed E-state index contributed by atoms with van der Waals surface area (Å²) in [6.45, 7) is 2.97. The minimum Gasteiger partial charge on any atom is -0.494 e. The predicted molar refractivity (Wildman–Crippen MR) is 107 cm³/mol. The zero-order valence-electron chi connectivity index (χ0n) is 16.0. The summed E-state index contributed by atoms with van der Waals surface area (Å²) in [6, 6.07) is 10.0. The summed E-state index contributed by atoms with van der Waals surface area (Å²) in [4.78, 5) is 11.1. The topological polar surface area (TPSA) is 67.8 Å². The molecule has 2 heterocycles. The van der Waals surface area contributed by atoms with Crippen molar-refractivity contribution in [2.24, 2.45) is 11.8 Å². The molecule has 0 aliphatic carbocycles. The van der Waals surface area contributed by atoms with E-state index in [1.54, 1.807) is 5.48 Å². The van der Waals surface area contributed by atoms with Crippen molar-refractivity contribution >= 4 is 17.7 Å². The van der Waals surface area contributed by atoms with Gasteiger partial charge in [-0.05, 0) is 61.8 Å². The Morgan fingerprint density at radius 1 is 1.30 bits per heavy atom. The molecular weight excluding hydrogens is 362 g/mol. The fourth-order valence-electron chi connectivity index (χ4n) is 4.30. The van der Waals surface area contributed by atoms with Gasteiger partial charge in [-0.2, -0.15) is 11.8 Å². The fourth-order valence-corrected chi connectivity index (χ4v) is 5.64. The lowest BCUT2D eigenvalue weighted by Crippen LogP contribution is -2.30. The number of benzene rings is 1. The first-order chi connectivity index (χ1) is 13.2. The highest BCUT2D eigenvalue weighted by Gasteiger charge is 2.48. The molecule has 1 amide bonds. The number of amides is 1. The van der Waals surface area contributed by atoms with E-state index in [0.29, 0.717) is 35.7 Å². The van der Waals surface area contributed by atoms with E-state index in [1.807, 2.05) is 42.1 Å². The van der Waals surface area contributed by atoms with Gasteiger partial charge in [0.25, 0.3) is 0 Å². The van der Waals surface area contributed by atoms with Crippen molar-refractivity contribution in [1.29, 1.82) is 0 Å². The number of carbonyl (C=O) groups excluding carboxylic acids is 1. The predicted octanol–water partition coefficient (Wildman–Crippen LogP) is 4.05. The molecule has 2 saturated heterocycles. The summed E-state index contributed by atoms with van der Waals surface area (Å²) in [6.07, 6.45) is 6.43. The summed E-state index contributed by atoms with van der Waals surface area (Å²) in [5.41, 5.74) is 1.70. The summed E-state index contributed by atoms with van der Waals surface area (Å²) < 4.78 is 12.1. The number of ether oxygens (including phenoxy) is 2. The third kappa shape index (κ3) is 5.87. The minimum atomic E-state index is -0.299. The first kappa shape index (κ1) is 20.5. The van der Waals surface area contributed by atoms with Crippen LogP contribution < -0.4 is 10.2 Å². The van der Waals surface area contributed by atoms with Crippen molar-refractivity contribution in [3.8, 4) is 5.75 Å². The van der Waals surface area contributed by atoms with Crippen LogP contribution in [0.5, 0.6) is 5.75 Å². The Balaban J connectivity index is 1.40. The normalized spacial score (nSPS) is 27.5. The number of para-hydroxylation sites is 1. The van der Waals surface area contributed by atoms with Crippen molar-refractivity contribution in [2.45, 2.75) is 62.9 Å². The zero-order chi connectivity index (χ0) is 19.1. The molecule has 0 spiro atoms. The lowest BCUT2D eigenvalue weighted by Gasteiger charge is -2.28. The number of thioether (sulfide) groups is 1. The average molecular weight is 394 g/mol. The quantitative estimate of drug-likeness (QED) is 0.439. The van der Waals surface area contributed by atoms with Gasteiger partial charge in [0, 0.05) is 11.7 Å². The second-order valence-electron chi connectivity index (χ2n) is 7.64. The highest BCUT2D eigenvalue weighted by Crippen LogP contribution is 2.46. The van der Waals surface area contributed by atoms with E-state index in [0.717, 1.165) is 37.4 Å². The van der Waals surface area contributed by atoms with Gasteiger partial charge in [0.15, 0.2) is 0 Å². The number of hydrogen-bond acceptors (Lipinski definition) is 5. The van der Waals surface area contributed by atoms with E-state index in [4.69, 9.17) is 14.7 Å². The maximum Gasteiger partial charge on any atom is 0.243 e. The number of carbonyl (C=O) groups is 1. The minimum absolute atomic E-state index is 0.299. The van der Waals surface area contributed by atoms with E-state index >= 15 is 0 Å². The molecule has 2 bridgehead atoms. The molecule has 0 saturated carbocycles. The van der Waals surface area contributed by atoms with Gasteiger partial charge in [-0.15, -0.1) is 0 Å². The molecule has 5 nitrogen and oxygen atoms in total. The summed E-state index contributed by atoms with van der Waals surface area (Å²) in [5.74, 6) is 2.95. The highest BCUT2D eigenvalue weighted by molar-refractivity contribution is 7.99. The number of hydrogen-bond donors (Lipinski definition) is 2. The first-order valence-corrected chi connectivity index (χ1v) is 11.1. The highest BCUT2D eigenvalue weighted by atomic mass is 32.2. The van der Waals surface area contributed by atoms with Crippen LogP contribution in [-0.2, 0) is 9.53 Å². The fraction of sp³-hybridized carbons (Fsp3) is 0.667. The Kier molecular flexibility index (Phi) is 7.85. The van der Waals surface area contributed by atoms with Crippen LogP contribution in [-0.4, -0.2) is 40.9 Å². The molecule has 6 heteroatoms. The first-order valence-electron chi connectivity index (χ1n) is 10.0. The Morgan fingerprint density at radius 3 is 2.78 bits per heavy atom. The molecule has 27 heavy (non-hydrogen) atoms. The van der Waals surface area contributed by atoms with E-state index < -0.39 is 0 Å². The zero-order valence-corrected chi connectivity index (χ0v) is 16.8. The van der Waals surface area contributed by atoms with Gasteiger partial charge < -0.3 is 9.47 Å². The summed E-state index contributed by atoms with van der Waals surface area (Å²) >= 11 is 1.99. The van der Waals surface area contributed by atoms with Gasteiger partial charge in [0.2, 0.25) is 5.91 Å². The van der Waals surface area contributed by atoms with Crippen molar-refractivity contribution in [3.63, 3.8) is 0 Å². The molecule has 1 aromatic rings. The average Bonchev–Trinajstić information content (AvgIpc) is 3.29. The molecule has 150 valence electrons. The second-order valence-corrected chi connectivity index (χ2v) is 9.11. The van der Waals surface area contributed by atoms with Crippen LogP contribution in [0.25, 0.3) is 0 Å². The number of nitrogens with one attached hydrogen (secondary N) is 1. The van der Waals surface area contributed by atoms with E-state index in [9.17, 15) is 4.79 Å². The SMILES string of the molecule is CC(CCCC(=O)NO)SCC1C2CCC(O2)C1CCOc1ccccc1. The third-order valence-electron chi connectivity index (χ3n) is 5.77. The molecule has 3 rings (SSSR count). The number of rotatable bonds is 11. The van der Waals surface area contributed by atoms with E-state index in [1.165, 1.54) is 12.8 Å². The number of fused-ring (bicyclic) bond motifs is 2. The van der Waals surface area contributed by atoms with Crippen LogP contribution in [0.2, 0.25) is 0 Å². The van der Waals surface area contributed by atoms with Crippen molar-refractivity contribution in [2.75, 3.05) is 12.4 Å². The van der Waals surface area contributed by atoms with Crippen LogP contribution in [0.4, 0.5) is 0 Å². The van der Waals surface area contributed by atoms with E-state index in [-0.39, 0.29) is 5.91 Å². The maximum absolute atomic E-state index is 11.1. The Hall–Kier alpha value is -1.24. The van der Waals surface area contributed by atoms with Gasteiger partial charge in [-0.3, -0.25) is 10.0 Å². The van der Waals surface area contributed by atoms with Gasteiger partial charge in [0.1, 0.15) is 5.75 Å². The molecule has 5 atom stereocenters. The van der Waals surface area contributed by atoms with Crippen molar-refractivity contribution < 1.29 is 19.5 Å². The van der Waals surface area contributed by atoms with Crippen LogP contribution >= 0.6 is 11.8 Å². The monoisotopic (exact) mass is 393 g/mol. The van der Waals surface area contributed by atoms with Gasteiger partial charge in [0.05, 0.1) is 18.8 Å². The van der Waals surface area contributed by atoms with Gasteiger partial charge >= 0.3 is 0 Å². The lowest BCUT2D eigenvalue weighted by atomic mass is 9.79. The molecule has 2 aliphatic rings. The number of hydroxylamine groups is 1. The van der Waals surface area contributed by atoms with Crippen LogP contribution in [0, 0.1) is 11.8 Å². The maximum atomic E-state index is 11.1. The van der Waals surface area contributed by atoms with Crippen molar-refractivity contribution in [3.05, 3.63) is 30.3 Å². The van der Waals surface area contributed by atoms with Crippen molar-refractivity contribution in [1.82, 2.24) is 5.48 Å². The molecule has 1 aromatic carbocycles. The molecule has 2 aliphatic heterocycles. The molecule has 5 unspecified atom stereocenters. The molecule has 2 N–H and O–H groups in total. The van der Waals surface area contributed by atoms with Crippen LogP contribution in [0.1, 0.15) is 45.4 Å². The Morgan fingerprint density at radius 2 is 2.04 bits per heavy atom. The molecule has 0 radical (unpaired) electrons. The Bertz CT molecular complexity index is 585. The Labute approximate surface area is 166 Å². The van der Waals surface area contributed by atoms with Gasteiger partial charge in [-0.25, -0.2) is 5.48 Å². The summed E-state index contributed by atoms with van der Waals surface area (Å²) in [7, 11) is 0. The summed E-state index contributed by atoms with van der Waals surface area (Å²) in [5, 5.41) is 9.06. The lowest BCUT2D eigenvalue weighted by molar-refractivity contribution is -0.129. The molecule has 2 fully saturated rings. The smallest absolute Gasteiger partial charge is 0.243 e. The largest absolute Gasteiger partial charge is 0.494 e. The van der Waals surface area contributed by atoms with Crippen LogP contribution in [0.3, 0.4) is 0 Å². The molecular formula is C21H31NO4S. The van der Waals surface area contributed by atoms with Gasteiger partial charge in [-0.1, -0.05) is 25.1 Å².